The number of aryl methyl sites for hydroxylation is 2. The number of hydrogen-bond acceptors (Lipinski definition) is 3. The predicted octanol–water partition coefficient (Wildman–Crippen LogP) is 1.65. The van der Waals surface area contributed by atoms with Crippen molar-refractivity contribution >= 4 is 11.7 Å². The Morgan fingerprint density at radius 1 is 1.20 bits per heavy atom. The number of hydrogen-bond donors (Lipinski definition) is 0. The molecule has 0 spiro atoms. The number of amides is 1. The Morgan fingerprint density at radius 2 is 1.95 bits per heavy atom. The average Bonchev–Trinajstić information content (AvgIpc) is 2.55. The van der Waals surface area contributed by atoms with Crippen molar-refractivity contribution in [3.8, 4) is 0 Å². The number of ketones is 1. The Hall–Kier alpha value is -1.68. The Balaban J connectivity index is 2.03. The van der Waals surface area contributed by atoms with Gasteiger partial charge >= 0.3 is 0 Å². The van der Waals surface area contributed by atoms with Gasteiger partial charge < -0.3 is 4.90 Å². The third-order valence-corrected chi connectivity index (χ3v) is 3.95. The first-order valence-corrected chi connectivity index (χ1v) is 7.04. The average molecular weight is 274 g/mol. The predicted molar refractivity (Wildman–Crippen MR) is 78.9 cm³/mol. The Morgan fingerprint density at radius 3 is 2.65 bits per heavy atom. The van der Waals surface area contributed by atoms with E-state index in [0.29, 0.717) is 13.1 Å². The van der Waals surface area contributed by atoms with E-state index in [2.05, 4.69) is 0 Å². The van der Waals surface area contributed by atoms with Crippen LogP contribution >= 0.6 is 0 Å². The molecule has 0 radical (unpaired) electrons. The maximum Gasteiger partial charge on any atom is 0.236 e. The number of Topliss-reactive ketones (excluding diaryl/α,β-unsaturated/α-hetero) is 1. The second kappa shape index (κ2) is 6.18. The molecule has 0 N–H and O–H groups in total. The molecule has 1 amide bonds. The molecular formula is C16H22N2O2. The van der Waals surface area contributed by atoms with E-state index in [0.717, 1.165) is 30.6 Å². The molecule has 1 fully saturated rings. The summed E-state index contributed by atoms with van der Waals surface area (Å²) in [6.45, 7) is 6.28. The topological polar surface area (TPSA) is 40.6 Å². The fourth-order valence-corrected chi connectivity index (χ4v) is 2.39. The van der Waals surface area contributed by atoms with Crippen molar-refractivity contribution in [3.05, 3.63) is 34.9 Å². The van der Waals surface area contributed by atoms with Gasteiger partial charge in [-0.05, 0) is 37.5 Å². The molecule has 1 aliphatic heterocycles. The summed E-state index contributed by atoms with van der Waals surface area (Å²) in [7, 11) is 1.82. The lowest BCUT2D eigenvalue weighted by atomic mass is 10.0. The minimum Gasteiger partial charge on any atom is -0.345 e. The van der Waals surface area contributed by atoms with Crippen molar-refractivity contribution in [1.82, 2.24) is 9.80 Å². The Labute approximate surface area is 120 Å². The monoisotopic (exact) mass is 274 g/mol. The first-order valence-electron chi connectivity index (χ1n) is 7.04. The molecule has 0 aliphatic carbocycles. The highest BCUT2D eigenvalue weighted by Crippen LogP contribution is 2.12. The first kappa shape index (κ1) is 14.7. The van der Waals surface area contributed by atoms with Crippen LogP contribution in [0.25, 0.3) is 0 Å². The van der Waals surface area contributed by atoms with Crippen LogP contribution in [0.4, 0.5) is 0 Å². The van der Waals surface area contributed by atoms with Gasteiger partial charge in [-0.1, -0.05) is 12.1 Å². The van der Waals surface area contributed by atoms with Gasteiger partial charge in [-0.2, -0.15) is 0 Å². The molecule has 108 valence electrons. The fourth-order valence-electron chi connectivity index (χ4n) is 2.39. The molecule has 1 aromatic carbocycles. The maximum absolute atomic E-state index is 12.3. The fraction of sp³-hybridized carbons (Fsp3) is 0.500. The van der Waals surface area contributed by atoms with Gasteiger partial charge in [0.1, 0.15) is 0 Å². The van der Waals surface area contributed by atoms with E-state index in [1.165, 1.54) is 5.56 Å². The third-order valence-electron chi connectivity index (χ3n) is 3.95. The second-order valence-electron chi connectivity index (χ2n) is 5.60. The number of nitrogens with zero attached hydrogens (tertiary/aromatic N) is 2. The lowest BCUT2D eigenvalue weighted by Crippen LogP contribution is -2.37. The first-order chi connectivity index (χ1) is 9.47. The van der Waals surface area contributed by atoms with E-state index >= 15 is 0 Å². The lowest BCUT2D eigenvalue weighted by Gasteiger charge is -2.18. The van der Waals surface area contributed by atoms with Crippen LogP contribution in [0.1, 0.15) is 27.9 Å². The van der Waals surface area contributed by atoms with E-state index in [-0.39, 0.29) is 11.7 Å². The molecule has 1 aliphatic rings. The highest BCUT2D eigenvalue weighted by Gasteiger charge is 2.21. The van der Waals surface area contributed by atoms with E-state index in [1.54, 1.807) is 4.90 Å². The van der Waals surface area contributed by atoms with Crippen LogP contribution in [0, 0.1) is 13.8 Å². The number of carbonyl (C=O) groups excluding carboxylic acids is 2. The Kier molecular flexibility index (Phi) is 4.55. The quantitative estimate of drug-likeness (QED) is 0.787. The van der Waals surface area contributed by atoms with Crippen LogP contribution < -0.4 is 0 Å². The minimum absolute atomic E-state index is 0.0884. The van der Waals surface area contributed by atoms with Gasteiger partial charge in [0.15, 0.2) is 5.78 Å². The summed E-state index contributed by atoms with van der Waals surface area (Å²) in [6, 6.07) is 5.78. The number of carbonyl (C=O) groups is 2. The van der Waals surface area contributed by atoms with Gasteiger partial charge in [-0.25, -0.2) is 0 Å². The standard InChI is InChI=1S/C16H22N2O2/c1-12-5-6-14(9-13(12)2)15(19)10-18-8-4-7-17(3)16(20)11-18/h5-6,9H,4,7-8,10-11H2,1-3H3. The summed E-state index contributed by atoms with van der Waals surface area (Å²) in [6.07, 6.45) is 0.919. The largest absolute Gasteiger partial charge is 0.345 e. The van der Waals surface area contributed by atoms with Gasteiger partial charge in [0, 0.05) is 25.7 Å². The van der Waals surface area contributed by atoms with Gasteiger partial charge in [-0.3, -0.25) is 14.5 Å². The molecule has 4 nitrogen and oxygen atoms in total. The molecular weight excluding hydrogens is 252 g/mol. The summed E-state index contributed by atoms with van der Waals surface area (Å²) in [5.74, 6) is 0.181. The van der Waals surface area contributed by atoms with E-state index < -0.39 is 0 Å². The molecule has 1 aromatic rings. The molecule has 1 heterocycles. The van der Waals surface area contributed by atoms with Crippen LogP contribution in [0.2, 0.25) is 0 Å². The smallest absolute Gasteiger partial charge is 0.236 e. The highest BCUT2D eigenvalue weighted by molar-refractivity contribution is 5.98. The van der Waals surface area contributed by atoms with Crippen molar-refractivity contribution in [2.24, 2.45) is 0 Å². The van der Waals surface area contributed by atoms with Crippen LogP contribution in [-0.2, 0) is 4.79 Å². The minimum atomic E-state index is 0.0884. The summed E-state index contributed by atoms with van der Waals surface area (Å²) < 4.78 is 0. The SMILES string of the molecule is Cc1ccc(C(=O)CN2CCCN(C)C(=O)C2)cc1C. The number of likely N-dealkylation sites (N-methyl/N-ethyl adjacent to an activating group) is 1. The highest BCUT2D eigenvalue weighted by atomic mass is 16.2. The van der Waals surface area contributed by atoms with Crippen LogP contribution in [0.15, 0.2) is 18.2 Å². The number of benzene rings is 1. The van der Waals surface area contributed by atoms with Gasteiger partial charge in [0.05, 0.1) is 13.1 Å². The van der Waals surface area contributed by atoms with Crippen molar-refractivity contribution in [2.45, 2.75) is 20.3 Å². The summed E-state index contributed by atoms with van der Waals surface area (Å²) in [5, 5.41) is 0. The molecule has 0 bridgehead atoms. The summed E-state index contributed by atoms with van der Waals surface area (Å²) in [5.41, 5.74) is 3.05. The summed E-state index contributed by atoms with van der Waals surface area (Å²) in [4.78, 5) is 27.8. The maximum atomic E-state index is 12.3. The molecule has 20 heavy (non-hydrogen) atoms. The van der Waals surface area contributed by atoms with Gasteiger partial charge in [-0.15, -0.1) is 0 Å². The molecule has 1 saturated heterocycles. The Bertz CT molecular complexity index is 525. The molecule has 0 aromatic heterocycles. The lowest BCUT2D eigenvalue weighted by molar-refractivity contribution is -0.129. The zero-order chi connectivity index (χ0) is 14.7. The molecule has 2 rings (SSSR count). The van der Waals surface area contributed by atoms with E-state index in [1.807, 2.05) is 44.0 Å². The van der Waals surface area contributed by atoms with Gasteiger partial charge in [0.25, 0.3) is 0 Å². The third kappa shape index (κ3) is 3.45. The van der Waals surface area contributed by atoms with Crippen molar-refractivity contribution in [3.63, 3.8) is 0 Å². The van der Waals surface area contributed by atoms with Crippen molar-refractivity contribution < 1.29 is 9.59 Å². The summed E-state index contributed by atoms with van der Waals surface area (Å²) >= 11 is 0. The van der Waals surface area contributed by atoms with E-state index in [4.69, 9.17) is 0 Å². The molecule has 0 saturated carbocycles. The number of rotatable bonds is 3. The normalized spacial score (nSPS) is 17.1. The molecule has 4 heteroatoms. The van der Waals surface area contributed by atoms with Crippen molar-refractivity contribution in [1.29, 1.82) is 0 Å². The zero-order valence-corrected chi connectivity index (χ0v) is 12.5. The molecule has 0 unspecified atom stereocenters. The van der Waals surface area contributed by atoms with Crippen molar-refractivity contribution in [2.75, 3.05) is 33.2 Å². The molecule has 0 atom stereocenters. The second-order valence-corrected chi connectivity index (χ2v) is 5.60. The van der Waals surface area contributed by atoms with Crippen LogP contribution in [0.5, 0.6) is 0 Å². The van der Waals surface area contributed by atoms with Crippen LogP contribution in [0.3, 0.4) is 0 Å². The van der Waals surface area contributed by atoms with Gasteiger partial charge in [0.2, 0.25) is 5.91 Å². The van der Waals surface area contributed by atoms with E-state index in [9.17, 15) is 9.59 Å². The van der Waals surface area contributed by atoms with Crippen LogP contribution in [-0.4, -0.2) is 54.7 Å². The zero-order valence-electron chi connectivity index (χ0n) is 12.5.